The van der Waals surface area contributed by atoms with Crippen LogP contribution in [0.4, 0.5) is 5.69 Å². The van der Waals surface area contributed by atoms with Gasteiger partial charge < -0.3 is 0 Å². The molecule has 1 aliphatic heterocycles. The minimum absolute atomic E-state index is 0.121. The van der Waals surface area contributed by atoms with Crippen molar-refractivity contribution >= 4 is 46.6 Å². The number of rotatable bonds is 5. The summed E-state index contributed by atoms with van der Waals surface area (Å²) in [7, 11) is 0. The Labute approximate surface area is 208 Å². The molecule has 2 bridgehead atoms. The first-order valence-electron chi connectivity index (χ1n) is 11.8. The maximum absolute atomic E-state index is 13.6. The van der Waals surface area contributed by atoms with Crippen molar-refractivity contribution in [2.45, 2.75) is 19.8 Å². The summed E-state index contributed by atoms with van der Waals surface area (Å²) < 4.78 is 0. The molecule has 2 aromatic rings. The van der Waals surface area contributed by atoms with Gasteiger partial charge in [-0.05, 0) is 72.4 Å². The molecular formula is C27H24Cl2N2O3. The summed E-state index contributed by atoms with van der Waals surface area (Å²) >= 11 is 12.2. The summed E-state index contributed by atoms with van der Waals surface area (Å²) in [5.74, 6) is 0.100. The van der Waals surface area contributed by atoms with Crippen LogP contribution in [-0.2, 0) is 16.0 Å². The van der Waals surface area contributed by atoms with Crippen molar-refractivity contribution in [2.75, 3.05) is 11.6 Å². The Bertz CT molecular complexity index is 1200. The Morgan fingerprint density at radius 2 is 1.56 bits per heavy atom. The van der Waals surface area contributed by atoms with Crippen LogP contribution in [0.15, 0.2) is 54.6 Å². The van der Waals surface area contributed by atoms with Crippen LogP contribution in [0.25, 0.3) is 0 Å². The average molecular weight is 495 g/mol. The minimum atomic E-state index is -0.345. The number of benzene rings is 2. The second-order valence-corrected chi connectivity index (χ2v) is 10.6. The molecule has 3 fully saturated rings. The zero-order chi connectivity index (χ0) is 23.7. The van der Waals surface area contributed by atoms with E-state index in [9.17, 15) is 14.4 Å². The summed E-state index contributed by atoms with van der Waals surface area (Å²) in [6.07, 6.45) is 6.28. The molecular weight excluding hydrogens is 471 g/mol. The van der Waals surface area contributed by atoms with Gasteiger partial charge in [0.1, 0.15) is 6.67 Å². The Hall–Kier alpha value is -2.63. The molecule has 5 nitrogen and oxygen atoms in total. The largest absolute Gasteiger partial charge is 0.290 e. The van der Waals surface area contributed by atoms with Gasteiger partial charge in [0.05, 0.1) is 21.9 Å². The van der Waals surface area contributed by atoms with Crippen LogP contribution >= 0.6 is 23.2 Å². The first kappa shape index (κ1) is 21.9. The minimum Gasteiger partial charge on any atom is -0.290 e. The second kappa shape index (κ2) is 7.96. The fourth-order valence-corrected chi connectivity index (χ4v) is 6.56. The molecule has 6 atom stereocenters. The van der Waals surface area contributed by atoms with E-state index in [0.717, 1.165) is 18.4 Å². The molecule has 1 heterocycles. The molecule has 2 saturated carbocycles. The van der Waals surface area contributed by atoms with E-state index in [1.807, 2.05) is 24.3 Å². The first-order chi connectivity index (χ1) is 16.4. The fraction of sp³-hybridized carbons (Fsp3) is 0.370. The lowest BCUT2D eigenvalue weighted by Gasteiger charge is -2.37. The maximum Gasteiger partial charge on any atom is 0.259 e. The fourth-order valence-electron chi connectivity index (χ4n) is 6.26. The van der Waals surface area contributed by atoms with E-state index < -0.39 is 0 Å². The number of hydrogen-bond acceptors (Lipinski definition) is 3. The van der Waals surface area contributed by atoms with Gasteiger partial charge in [-0.2, -0.15) is 0 Å². The van der Waals surface area contributed by atoms with Crippen LogP contribution in [0.3, 0.4) is 0 Å². The van der Waals surface area contributed by atoms with Gasteiger partial charge in [-0.3, -0.25) is 24.2 Å². The molecule has 4 aliphatic carbocycles. The predicted octanol–water partition coefficient (Wildman–Crippen LogP) is 5.21. The summed E-state index contributed by atoms with van der Waals surface area (Å²) in [6.45, 7) is 1.94. The third-order valence-corrected chi connectivity index (χ3v) is 8.84. The molecule has 1 saturated heterocycles. The molecule has 5 aliphatic rings. The van der Waals surface area contributed by atoms with Crippen LogP contribution in [0, 0.1) is 35.5 Å². The van der Waals surface area contributed by atoms with Crippen molar-refractivity contribution in [3.8, 4) is 0 Å². The van der Waals surface area contributed by atoms with Gasteiger partial charge in [0, 0.05) is 11.3 Å². The zero-order valence-corrected chi connectivity index (χ0v) is 20.2. The monoisotopic (exact) mass is 494 g/mol. The quantitative estimate of drug-likeness (QED) is 0.423. The highest BCUT2D eigenvalue weighted by Crippen LogP contribution is 2.65. The van der Waals surface area contributed by atoms with Gasteiger partial charge >= 0.3 is 0 Å². The van der Waals surface area contributed by atoms with Crippen molar-refractivity contribution in [2.24, 2.45) is 35.5 Å². The molecule has 3 amide bonds. The lowest BCUT2D eigenvalue weighted by atomic mass is 9.63. The lowest BCUT2D eigenvalue weighted by Crippen LogP contribution is -2.45. The highest BCUT2D eigenvalue weighted by molar-refractivity contribution is 6.42. The van der Waals surface area contributed by atoms with Crippen LogP contribution in [0.2, 0.25) is 10.0 Å². The first-order valence-corrected chi connectivity index (χ1v) is 12.5. The third-order valence-electron chi connectivity index (χ3n) is 8.10. The van der Waals surface area contributed by atoms with Crippen molar-refractivity contribution in [3.05, 3.63) is 75.8 Å². The van der Waals surface area contributed by atoms with E-state index in [0.29, 0.717) is 28.1 Å². The molecule has 0 unspecified atom stereocenters. The van der Waals surface area contributed by atoms with E-state index in [1.54, 1.807) is 12.1 Å². The lowest BCUT2D eigenvalue weighted by molar-refractivity contribution is -0.140. The molecule has 0 radical (unpaired) electrons. The zero-order valence-electron chi connectivity index (χ0n) is 18.7. The normalized spacial score (nSPS) is 30.4. The van der Waals surface area contributed by atoms with E-state index in [1.165, 1.54) is 15.9 Å². The smallest absolute Gasteiger partial charge is 0.259 e. The van der Waals surface area contributed by atoms with Crippen LogP contribution in [-0.4, -0.2) is 29.3 Å². The predicted molar refractivity (Wildman–Crippen MR) is 131 cm³/mol. The number of halogens is 2. The van der Waals surface area contributed by atoms with Crippen molar-refractivity contribution < 1.29 is 14.4 Å². The van der Waals surface area contributed by atoms with Gasteiger partial charge in [-0.25, -0.2) is 0 Å². The Morgan fingerprint density at radius 3 is 2.12 bits per heavy atom. The molecule has 7 heteroatoms. The Kier molecular flexibility index (Phi) is 5.12. The number of amides is 3. The Morgan fingerprint density at radius 1 is 0.941 bits per heavy atom. The number of carbonyl (C=O) groups is 3. The number of aryl methyl sites for hydroxylation is 1. The summed E-state index contributed by atoms with van der Waals surface area (Å²) in [5.41, 5.74) is 2.09. The molecule has 174 valence electrons. The maximum atomic E-state index is 13.6. The number of nitrogens with zero attached hydrogens (tertiary/aromatic N) is 2. The van der Waals surface area contributed by atoms with Crippen molar-refractivity contribution in [1.82, 2.24) is 4.90 Å². The summed E-state index contributed by atoms with van der Waals surface area (Å²) in [6, 6.07) is 12.3. The number of allylic oxidation sites excluding steroid dienone is 2. The number of carbonyl (C=O) groups excluding carboxylic acids is 3. The second-order valence-electron chi connectivity index (χ2n) is 9.78. The number of likely N-dealkylation sites (tertiary alicyclic amines) is 1. The standard InChI is InChI=1S/C27H24Cl2N2O3/c1-2-14-3-6-16(7-4-14)30(25(32)15-5-10-21(28)22(29)11-15)13-31-26(33)23-17-8-9-18(20-12-19(17)20)24(23)27(31)34/h3-11,17-20,23-24H,2,12-13H2,1H3/t17-,18+,19-,20-,23+,24+/m1/s1. The van der Waals surface area contributed by atoms with E-state index >= 15 is 0 Å². The van der Waals surface area contributed by atoms with Gasteiger partial charge in [0.2, 0.25) is 11.8 Å². The third kappa shape index (κ3) is 3.24. The number of imide groups is 1. The van der Waals surface area contributed by atoms with Gasteiger partial charge in [0.25, 0.3) is 5.91 Å². The van der Waals surface area contributed by atoms with E-state index in [4.69, 9.17) is 23.2 Å². The highest BCUT2D eigenvalue weighted by atomic mass is 35.5. The van der Waals surface area contributed by atoms with E-state index in [2.05, 4.69) is 19.1 Å². The molecule has 2 aromatic carbocycles. The molecule has 7 rings (SSSR count). The van der Waals surface area contributed by atoms with Crippen LogP contribution in [0.1, 0.15) is 29.3 Å². The number of hydrogen-bond donors (Lipinski definition) is 0. The molecule has 34 heavy (non-hydrogen) atoms. The summed E-state index contributed by atoms with van der Waals surface area (Å²) in [5, 5.41) is 0.627. The number of anilines is 1. The molecule has 0 spiro atoms. The highest BCUT2D eigenvalue weighted by Gasteiger charge is 2.67. The average Bonchev–Trinajstić information content (AvgIpc) is 3.64. The van der Waals surface area contributed by atoms with Crippen molar-refractivity contribution in [3.63, 3.8) is 0 Å². The van der Waals surface area contributed by atoms with Crippen molar-refractivity contribution in [1.29, 1.82) is 0 Å². The summed E-state index contributed by atoms with van der Waals surface area (Å²) in [4.78, 5) is 43.5. The Balaban J connectivity index is 1.34. The van der Waals surface area contributed by atoms with Gasteiger partial charge in [0.15, 0.2) is 0 Å². The van der Waals surface area contributed by atoms with E-state index in [-0.39, 0.29) is 53.1 Å². The van der Waals surface area contributed by atoms with Crippen LogP contribution < -0.4 is 4.90 Å². The topological polar surface area (TPSA) is 57.7 Å². The van der Waals surface area contributed by atoms with Crippen LogP contribution in [0.5, 0.6) is 0 Å². The van der Waals surface area contributed by atoms with Gasteiger partial charge in [-0.15, -0.1) is 0 Å². The molecule has 0 aromatic heterocycles. The van der Waals surface area contributed by atoms with Gasteiger partial charge in [-0.1, -0.05) is 54.4 Å². The molecule has 0 N–H and O–H groups in total. The SMILES string of the molecule is CCc1ccc(N(CN2C(=O)[C@H]3[C@@H]4C=C[C@@H]([C@H]5C[C@H]45)[C@@H]3C2=O)C(=O)c2ccc(Cl)c(Cl)c2)cc1.